The molecule has 0 fully saturated rings. The molecule has 0 radical (unpaired) electrons. The lowest BCUT2D eigenvalue weighted by Gasteiger charge is -2.08. The summed E-state index contributed by atoms with van der Waals surface area (Å²) in [5.41, 5.74) is 0. The van der Waals surface area contributed by atoms with E-state index in [0.29, 0.717) is 5.25 Å². The van der Waals surface area contributed by atoms with Crippen molar-refractivity contribution in [1.29, 1.82) is 0 Å². The largest absolute Gasteiger partial charge is 0.315 e. The number of hydrogen-bond donors (Lipinski definition) is 1. The normalized spacial score (nSPS) is 12.9. The van der Waals surface area contributed by atoms with E-state index in [9.17, 15) is 0 Å². The molecule has 0 bridgehead atoms. The maximum atomic E-state index is 4.04. The van der Waals surface area contributed by atoms with Gasteiger partial charge in [-0.05, 0) is 29.8 Å². The van der Waals surface area contributed by atoms with E-state index in [2.05, 4.69) is 41.6 Å². The zero-order valence-electron chi connectivity index (χ0n) is 10.3. The number of thioether (sulfide) groups is 1. The zero-order valence-corrected chi connectivity index (χ0v) is 11.1. The topological polar surface area (TPSA) is 55.6 Å². The monoisotopic (exact) mass is 243 g/mol. The second kappa shape index (κ2) is 7.62. The summed E-state index contributed by atoms with van der Waals surface area (Å²) >= 11 is 1.74. The second-order valence-electron chi connectivity index (χ2n) is 3.77. The molecule has 5 nitrogen and oxygen atoms in total. The Morgan fingerprint density at radius 2 is 2.19 bits per heavy atom. The molecule has 0 aromatic carbocycles. The lowest BCUT2D eigenvalue weighted by Crippen LogP contribution is -2.21. The first kappa shape index (κ1) is 13.4. The summed E-state index contributed by atoms with van der Waals surface area (Å²) in [4.78, 5) is 0. The van der Waals surface area contributed by atoms with Gasteiger partial charge in [0.05, 0.1) is 6.54 Å². The molecule has 1 heterocycles. The van der Waals surface area contributed by atoms with Crippen LogP contribution in [0.4, 0.5) is 0 Å². The summed E-state index contributed by atoms with van der Waals surface area (Å²) in [6.45, 7) is 9.34. The van der Waals surface area contributed by atoms with Crippen LogP contribution in [-0.2, 0) is 6.54 Å². The molecule has 0 amide bonds. The Morgan fingerprint density at radius 3 is 2.88 bits per heavy atom. The first-order valence-corrected chi connectivity index (χ1v) is 6.79. The molecule has 1 atom stereocenters. The molecule has 1 aromatic heterocycles. The van der Waals surface area contributed by atoms with Gasteiger partial charge in [0.15, 0.2) is 0 Å². The van der Waals surface area contributed by atoms with Gasteiger partial charge in [-0.15, -0.1) is 5.10 Å². The zero-order chi connectivity index (χ0) is 11.8. The molecule has 6 heteroatoms. The minimum Gasteiger partial charge on any atom is -0.315 e. The van der Waals surface area contributed by atoms with Crippen LogP contribution in [0.5, 0.6) is 0 Å². The van der Waals surface area contributed by atoms with E-state index in [-0.39, 0.29) is 0 Å². The molecule has 1 N–H and O–H groups in total. The molecular formula is C10H21N5S. The predicted octanol–water partition coefficient (Wildman–Crippen LogP) is 1.56. The van der Waals surface area contributed by atoms with E-state index in [1.165, 1.54) is 0 Å². The summed E-state index contributed by atoms with van der Waals surface area (Å²) in [5.74, 6) is 0. The molecule has 1 rings (SSSR count). The molecule has 0 saturated carbocycles. The van der Waals surface area contributed by atoms with Crippen LogP contribution in [0, 0.1) is 0 Å². The highest BCUT2D eigenvalue weighted by Gasteiger charge is 2.09. The number of hydrogen-bond acceptors (Lipinski definition) is 5. The molecular weight excluding hydrogens is 222 g/mol. The van der Waals surface area contributed by atoms with Gasteiger partial charge in [-0.1, -0.05) is 32.5 Å². The highest BCUT2D eigenvalue weighted by molar-refractivity contribution is 7.99. The number of nitrogens with zero attached hydrogens (tertiary/aromatic N) is 4. The third-order valence-electron chi connectivity index (χ3n) is 2.31. The summed E-state index contributed by atoms with van der Waals surface area (Å²) in [7, 11) is 0. The van der Waals surface area contributed by atoms with E-state index >= 15 is 0 Å². The standard InChI is InChI=1S/C10H21N5S/c1-4-6-11-7-8-15-10(12-13-14-15)16-9(3)5-2/h9,11H,4-8H2,1-3H3. The van der Waals surface area contributed by atoms with Crippen molar-refractivity contribution < 1.29 is 0 Å². The van der Waals surface area contributed by atoms with E-state index in [1.807, 2.05) is 4.68 Å². The van der Waals surface area contributed by atoms with Gasteiger partial charge in [-0.25, -0.2) is 4.68 Å². The molecule has 0 saturated heterocycles. The van der Waals surface area contributed by atoms with Gasteiger partial charge in [0, 0.05) is 11.8 Å². The first-order chi connectivity index (χ1) is 7.77. The van der Waals surface area contributed by atoms with Crippen LogP contribution in [0.3, 0.4) is 0 Å². The van der Waals surface area contributed by atoms with Gasteiger partial charge in [-0.2, -0.15) is 0 Å². The fourth-order valence-electron chi connectivity index (χ4n) is 1.17. The van der Waals surface area contributed by atoms with Crippen LogP contribution in [-0.4, -0.2) is 38.5 Å². The Hall–Kier alpha value is -0.620. The average Bonchev–Trinajstić information content (AvgIpc) is 2.72. The van der Waals surface area contributed by atoms with E-state index in [1.54, 1.807) is 11.8 Å². The Labute approximate surface area is 101 Å². The molecule has 0 aliphatic rings. The van der Waals surface area contributed by atoms with Crippen LogP contribution >= 0.6 is 11.8 Å². The summed E-state index contributed by atoms with van der Waals surface area (Å²) in [6.07, 6.45) is 2.29. The van der Waals surface area contributed by atoms with Gasteiger partial charge < -0.3 is 5.32 Å². The third kappa shape index (κ3) is 4.49. The van der Waals surface area contributed by atoms with Gasteiger partial charge in [0.2, 0.25) is 5.16 Å². The SMILES string of the molecule is CCCNCCn1nnnc1SC(C)CC. The second-order valence-corrected chi connectivity index (χ2v) is 5.18. The fourth-order valence-corrected chi connectivity index (χ4v) is 2.03. The van der Waals surface area contributed by atoms with Crippen LogP contribution in [0.2, 0.25) is 0 Å². The summed E-state index contributed by atoms with van der Waals surface area (Å²) < 4.78 is 1.87. The highest BCUT2D eigenvalue weighted by atomic mass is 32.2. The Kier molecular flexibility index (Phi) is 6.40. The Bertz CT molecular complexity index is 288. The lowest BCUT2D eigenvalue weighted by atomic mass is 10.4. The third-order valence-corrected chi connectivity index (χ3v) is 3.55. The van der Waals surface area contributed by atoms with Crippen molar-refractivity contribution in [3.05, 3.63) is 0 Å². The highest BCUT2D eigenvalue weighted by Crippen LogP contribution is 2.21. The lowest BCUT2D eigenvalue weighted by molar-refractivity contribution is 0.510. The van der Waals surface area contributed by atoms with Crippen LogP contribution < -0.4 is 5.32 Å². The molecule has 0 aliphatic heterocycles. The van der Waals surface area contributed by atoms with Crippen molar-refractivity contribution in [1.82, 2.24) is 25.5 Å². The minimum absolute atomic E-state index is 0.563. The van der Waals surface area contributed by atoms with Gasteiger partial charge in [-0.3, -0.25) is 0 Å². The summed E-state index contributed by atoms with van der Waals surface area (Å²) in [6, 6.07) is 0. The molecule has 1 aromatic rings. The van der Waals surface area contributed by atoms with Crippen LogP contribution in [0.1, 0.15) is 33.6 Å². The smallest absolute Gasteiger partial charge is 0.209 e. The van der Waals surface area contributed by atoms with Gasteiger partial charge in [0.1, 0.15) is 0 Å². The van der Waals surface area contributed by atoms with Crippen LogP contribution in [0.25, 0.3) is 0 Å². The number of tetrazole rings is 1. The number of rotatable bonds is 8. The fraction of sp³-hybridized carbons (Fsp3) is 0.900. The predicted molar refractivity (Wildman–Crippen MR) is 66.6 cm³/mol. The molecule has 92 valence electrons. The van der Waals surface area contributed by atoms with Crippen molar-refractivity contribution in [2.24, 2.45) is 0 Å². The van der Waals surface area contributed by atoms with E-state index < -0.39 is 0 Å². The van der Waals surface area contributed by atoms with E-state index in [0.717, 1.165) is 37.6 Å². The van der Waals surface area contributed by atoms with Crippen molar-refractivity contribution in [2.45, 2.75) is 50.6 Å². The van der Waals surface area contributed by atoms with Crippen molar-refractivity contribution in [2.75, 3.05) is 13.1 Å². The van der Waals surface area contributed by atoms with Gasteiger partial charge in [0.25, 0.3) is 0 Å². The summed E-state index contributed by atoms with van der Waals surface area (Å²) in [5, 5.41) is 16.6. The molecule has 16 heavy (non-hydrogen) atoms. The van der Waals surface area contributed by atoms with Crippen molar-refractivity contribution in [3.8, 4) is 0 Å². The maximum Gasteiger partial charge on any atom is 0.209 e. The molecule has 1 unspecified atom stereocenters. The van der Waals surface area contributed by atoms with Crippen molar-refractivity contribution >= 4 is 11.8 Å². The molecule has 0 spiro atoms. The number of nitrogens with one attached hydrogen (secondary N) is 1. The van der Waals surface area contributed by atoms with Crippen molar-refractivity contribution in [3.63, 3.8) is 0 Å². The number of aromatic nitrogens is 4. The minimum atomic E-state index is 0.563. The van der Waals surface area contributed by atoms with E-state index in [4.69, 9.17) is 0 Å². The Morgan fingerprint density at radius 1 is 1.38 bits per heavy atom. The maximum absolute atomic E-state index is 4.04. The average molecular weight is 243 g/mol. The quantitative estimate of drug-likeness (QED) is 0.555. The first-order valence-electron chi connectivity index (χ1n) is 5.91. The van der Waals surface area contributed by atoms with Crippen LogP contribution in [0.15, 0.2) is 5.16 Å². The molecule has 0 aliphatic carbocycles. The Balaban J connectivity index is 2.38. The van der Waals surface area contributed by atoms with Gasteiger partial charge >= 0.3 is 0 Å².